The van der Waals surface area contributed by atoms with Crippen molar-refractivity contribution < 1.29 is 14.3 Å². The summed E-state index contributed by atoms with van der Waals surface area (Å²) in [6, 6.07) is 16.5. The molecule has 3 aromatic rings. The lowest BCUT2D eigenvalue weighted by Crippen LogP contribution is -2.20. The molecule has 1 aromatic heterocycles. The van der Waals surface area contributed by atoms with Crippen LogP contribution in [0.25, 0.3) is 0 Å². The van der Waals surface area contributed by atoms with Crippen molar-refractivity contribution in [3.05, 3.63) is 76.0 Å². The van der Waals surface area contributed by atoms with Crippen molar-refractivity contribution in [1.82, 2.24) is 0 Å². The van der Waals surface area contributed by atoms with Gasteiger partial charge >= 0.3 is 0 Å². The minimum atomic E-state index is -0.266. The second-order valence-electron chi connectivity index (χ2n) is 7.02. The van der Waals surface area contributed by atoms with Gasteiger partial charge in [0, 0.05) is 11.4 Å². The number of hydrogen-bond acceptors (Lipinski definition) is 4. The highest BCUT2D eigenvalue weighted by Gasteiger charge is 2.09. The van der Waals surface area contributed by atoms with Crippen LogP contribution in [0.1, 0.15) is 40.6 Å². The molecule has 6 heteroatoms. The summed E-state index contributed by atoms with van der Waals surface area (Å²) in [5, 5.41) is 7.47. The van der Waals surface area contributed by atoms with Gasteiger partial charge in [-0.2, -0.15) is 0 Å². The van der Waals surface area contributed by atoms with Crippen LogP contribution in [0, 0.1) is 6.92 Å². The van der Waals surface area contributed by atoms with Crippen LogP contribution < -0.4 is 15.4 Å². The van der Waals surface area contributed by atoms with Crippen molar-refractivity contribution in [2.24, 2.45) is 0 Å². The Bertz CT molecular complexity index is 997. The molecular formula is C23H24N2O3S. The smallest absolute Gasteiger partial charge is 0.265 e. The highest BCUT2D eigenvalue weighted by atomic mass is 32.1. The quantitative estimate of drug-likeness (QED) is 0.546. The van der Waals surface area contributed by atoms with Crippen molar-refractivity contribution in [3.63, 3.8) is 0 Å². The molecule has 0 fully saturated rings. The summed E-state index contributed by atoms with van der Waals surface area (Å²) in [6.07, 6.45) is 0. The first kappa shape index (κ1) is 20.6. The summed E-state index contributed by atoms with van der Waals surface area (Å²) in [5.41, 5.74) is 3.62. The Balaban J connectivity index is 1.55. The molecule has 0 bridgehead atoms. The molecule has 0 radical (unpaired) electrons. The summed E-state index contributed by atoms with van der Waals surface area (Å²) in [7, 11) is 0. The number of carbonyl (C=O) groups excluding carboxylic acids is 2. The number of nitrogens with one attached hydrogen (secondary N) is 2. The van der Waals surface area contributed by atoms with Crippen molar-refractivity contribution in [3.8, 4) is 5.75 Å². The zero-order valence-electron chi connectivity index (χ0n) is 16.7. The van der Waals surface area contributed by atoms with Gasteiger partial charge in [0.15, 0.2) is 6.61 Å². The van der Waals surface area contributed by atoms with E-state index in [4.69, 9.17) is 4.74 Å². The molecule has 0 saturated heterocycles. The summed E-state index contributed by atoms with van der Waals surface area (Å²) in [6.45, 7) is 6.24. The van der Waals surface area contributed by atoms with Crippen molar-refractivity contribution in [2.75, 3.05) is 17.2 Å². The lowest BCUT2D eigenvalue weighted by molar-refractivity contribution is -0.118. The van der Waals surface area contributed by atoms with Crippen molar-refractivity contribution in [1.29, 1.82) is 0 Å². The number of thiophene rings is 1. The maximum absolute atomic E-state index is 12.2. The van der Waals surface area contributed by atoms with Crippen LogP contribution in [0.2, 0.25) is 0 Å². The molecule has 2 aromatic carbocycles. The van der Waals surface area contributed by atoms with Gasteiger partial charge in [-0.1, -0.05) is 32.0 Å². The molecule has 0 aliphatic rings. The number of benzene rings is 2. The van der Waals surface area contributed by atoms with Gasteiger partial charge in [-0.15, -0.1) is 11.3 Å². The minimum Gasteiger partial charge on any atom is -0.484 e. The Hall–Kier alpha value is -3.12. The van der Waals surface area contributed by atoms with E-state index in [9.17, 15) is 9.59 Å². The van der Waals surface area contributed by atoms with Gasteiger partial charge in [0.2, 0.25) is 0 Å². The molecule has 5 nitrogen and oxygen atoms in total. The monoisotopic (exact) mass is 408 g/mol. The van der Waals surface area contributed by atoms with Crippen LogP contribution in [-0.2, 0) is 4.79 Å². The zero-order chi connectivity index (χ0) is 20.8. The van der Waals surface area contributed by atoms with E-state index in [-0.39, 0.29) is 18.4 Å². The Kier molecular flexibility index (Phi) is 6.67. The van der Waals surface area contributed by atoms with E-state index in [0.29, 0.717) is 27.9 Å². The third kappa shape index (κ3) is 5.68. The molecule has 0 aliphatic heterocycles. The first-order chi connectivity index (χ1) is 13.9. The Labute approximate surface area is 174 Å². The standard InChI is InChI=1S/C23H24N2O3S/c1-15(2)20-10-9-19(12-16(20)3)28-14-22(26)24-17-6-4-7-18(13-17)25-23(27)21-8-5-11-29-21/h4-13,15H,14H2,1-3H3,(H,24,26)(H,25,27). The fourth-order valence-electron chi connectivity index (χ4n) is 3.01. The third-order valence-electron chi connectivity index (χ3n) is 4.38. The number of carbonyl (C=O) groups is 2. The molecule has 0 unspecified atom stereocenters. The van der Waals surface area contributed by atoms with Gasteiger partial charge in [-0.05, 0) is 65.7 Å². The number of rotatable bonds is 7. The lowest BCUT2D eigenvalue weighted by Gasteiger charge is -2.13. The summed E-state index contributed by atoms with van der Waals surface area (Å²) in [5.74, 6) is 0.670. The highest BCUT2D eigenvalue weighted by molar-refractivity contribution is 7.12. The van der Waals surface area contributed by atoms with E-state index < -0.39 is 0 Å². The van der Waals surface area contributed by atoms with Gasteiger partial charge in [0.05, 0.1) is 4.88 Å². The first-order valence-corrected chi connectivity index (χ1v) is 10.3. The topological polar surface area (TPSA) is 67.4 Å². The second-order valence-corrected chi connectivity index (χ2v) is 7.97. The lowest BCUT2D eigenvalue weighted by atomic mass is 9.98. The average molecular weight is 409 g/mol. The highest BCUT2D eigenvalue weighted by Crippen LogP contribution is 2.23. The Morgan fingerprint density at radius 2 is 1.76 bits per heavy atom. The summed E-state index contributed by atoms with van der Waals surface area (Å²) >= 11 is 1.37. The summed E-state index contributed by atoms with van der Waals surface area (Å²) < 4.78 is 5.62. The number of hydrogen-bond donors (Lipinski definition) is 2. The summed E-state index contributed by atoms with van der Waals surface area (Å²) in [4.78, 5) is 25.0. The largest absolute Gasteiger partial charge is 0.484 e. The van der Waals surface area contributed by atoms with E-state index in [1.807, 2.05) is 36.6 Å². The van der Waals surface area contributed by atoms with E-state index >= 15 is 0 Å². The fraction of sp³-hybridized carbons (Fsp3) is 0.217. The molecule has 150 valence electrons. The molecule has 0 spiro atoms. The molecule has 2 N–H and O–H groups in total. The molecule has 1 heterocycles. The van der Waals surface area contributed by atoms with Crippen LogP contribution in [0.15, 0.2) is 60.0 Å². The number of anilines is 2. The van der Waals surface area contributed by atoms with Crippen LogP contribution in [0.5, 0.6) is 5.75 Å². The van der Waals surface area contributed by atoms with Gasteiger partial charge < -0.3 is 15.4 Å². The Morgan fingerprint density at radius 1 is 1.00 bits per heavy atom. The SMILES string of the molecule is Cc1cc(OCC(=O)Nc2cccc(NC(=O)c3cccs3)c2)ccc1C(C)C. The molecule has 29 heavy (non-hydrogen) atoms. The van der Waals surface area contributed by atoms with E-state index in [0.717, 1.165) is 5.56 Å². The maximum Gasteiger partial charge on any atom is 0.265 e. The fourth-order valence-corrected chi connectivity index (χ4v) is 3.63. The van der Waals surface area contributed by atoms with E-state index in [2.05, 4.69) is 24.5 Å². The second kappa shape index (κ2) is 9.39. The molecular weight excluding hydrogens is 384 g/mol. The first-order valence-electron chi connectivity index (χ1n) is 9.40. The zero-order valence-corrected chi connectivity index (χ0v) is 17.5. The van der Waals surface area contributed by atoms with Crippen LogP contribution in [0.4, 0.5) is 11.4 Å². The number of amides is 2. The minimum absolute atomic E-state index is 0.0910. The predicted octanol–water partition coefficient (Wildman–Crippen LogP) is 5.45. The van der Waals surface area contributed by atoms with Gasteiger partial charge in [-0.3, -0.25) is 9.59 Å². The van der Waals surface area contributed by atoms with Crippen LogP contribution in [0.3, 0.4) is 0 Å². The van der Waals surface area contributed by atoms with E-state index in [1.165, 1.54) is 16.9 Å². The van der Waals surface area contributed by atoms with Gasteiger partial charge in [0.25, 0.3) is 11.8 Å². The number of aryl methyl sites for hydroxylation is 1. The number of ether oxygens (including phenoxy) is 1. The van der Waals surface area contributed by atoms with Crippen LogP contribution in [-0.4, -0.2) is 18.4 Å². The normalized spacial score (nSPS) is 10.6. The van der Waals surface area contributed by atoms with Gasteiger partial charge in [0.1, 0.15) is 5.75 Å². The van der Waals surface area contributed by atoms with E-state index in [1.54, 1.807) is 30.3 Å². The molecule has 0 aliphatic carbocycles. The third-order valence-corrected chi connectivity index (χ3v) is 5.25. The predicted molar refractivity (Wildman–Crippen MR) is 118 cm³/mol. The molecule has 0 atom stereocenters. The van der Waals surface area contributed by atoms with Crippen LogP contribution >= 0.6 is 11.3 Å². The average Bonchev–Trinajstić information content (AvgIpc) is 3.21. The van der Waals surface area contributed by atoms with Crippen molar-refractivity contribution >= 4 is 34.5 Å². The molecule has 2 amide bonds. The van der Waals surface area contributed by atoms with Gasteiger partial charge in [-0.25, -0.2) is 0 Å². The molecule has 3 rings (SSSR count). The maximum atomic E-state index is 12.2. The molecule has 0 saturated carbocycles. The van der Waals surface area contributed by atoms with Crippen molar-refractivity contribution in [2.45, 2.75) is 26.7 Å². The Morgan fingerprint density at radius 3 is 2.41 bits per heavy atom.